The lowest BCUT2D eigenvalue weighted by Crippen LogP contribution is -2.60. The fourth-order valence-corrected chi connectivity index (χ4v) is 0.756. The Hall–Kier alpha value is -1.04. The number of hydrogen-bond acceptors (Lipinski definition) is 2. The number of nitrogens with one attached hydrogen (secondary N) is 1. The minimum Gasteiger partial charge on any atom is -0.480 e. The molecule has 0 heterocycles. The summed E-state index contributed by atoms with van der Waals surface area (Å²) in [6.45, 7) is 3.90. The standard InChI is InChI=1S/C9H14F3NO2/c1-6(2)4-5-13-8(3,7(14)15)9(10,11)12/h4,13H,5H2,1-3H3,(H,14,15). The van der Waals surface area contributed by atoms with E-state index in [0.717, 1.165) is 5.57 Å². The molecule has 0 bridgehead atoms. The summed E-state index contributed by atoms with van der Waals surface area (Å²) in [5.41, 5.74) is -2.09. The molecule has 0 aliphatic carbocycles. The monoisotopic (exact) mass is 225 g/mol. The Bertz CT molecular complexity index is 269. The van der Waals surface area contributed by atoms with Gasteiger partial charge in [-0.2, -0.15) is 13.2 Å². The van der Waals surface area contributed by atoms with Crippen molar-refractivity contribution >= 4 is 5.97 Å². The summed E-state index contributed by atoms with van der Waals surface area (Å²) in [6, 6.07) is 0. The van der Waals surface area contributed by atoms with Gasteiger partial charge in [-0.05, 0) is 20.8 Å². The molecule has 0 aromatic carbocycles. The topological polar surface area (TPSA) is 49.3 Å². The van der Waals surface area contributed by atoms with E-state index in [1.54, 1.807) is 13.8 Å². The maximum Gasteiger partial charge on any atom is 0.417 e. The maximum atomic E-state index is 12.4. The van der Waals surface area contributed by atoms with Gasteiger partial charge < -0.3 is 5.11 Å². The average Bonchev–Trinajstić information content (AvgIpc) is 2.00. The molecule has 0 aliphatic rings. The number of carbonyl (C=O) groups is 1. The van der Waals surface area contributed by atoms with Crippen LogP contribution in [0.2, 0.25) is 0 Å². The zero-order chi connectivity index (χ0) is 12.3. The van der Waals surface area contributed by atoms with Crippen LogP contribution in [-0.2, 0) is 4.79 Å². The minimum atomic E-state index is -4.83. The maximum absolute atomic E-state index is 12.4. The first-order chi connectivity index (χ1) is 6.61. The molecule has 15 heavy (non-hydrogen) atoms. The highest BCUT2D eigenvalue weighted by molar-refractivity contribution is 5.79. The zero-order valence-corrected chi connectivity index (χ0v) is 8.77. The van der Waals surface area contributed by atoms with Gasteiger partial charge in [0.2, 0.25) is 5.54 Å². The molecular formula is C9H14F3NO2. The van der Waals surface area contributed by atoms with Gasteiger partial charge in [0.15, 0.2) is 0 Å². The summed E-state index contributed by atoms with van der Waals surface area (Å²) in [4.78, 5) is 10.5. The summed E-state index contributed by atoms with van der Waals surface area (Å²) in [6.07, 6.45) is -3.33. The van der Waals surface area contributed by atoms with Crippen LogP contribution in [0.25, 0.3) is 0 Å². The molecule has 0 aromatic heterocycles. The molecule has 0 fully saturated rings. The smallest absolute Gasteiger partial charge is 0.417 e. The van der Waals surface area contributed by atoms with E-state index in [1.807, 2.05) is 5.32 Å². The molecule has 0 saturated heterocycles. The number of allylic oxidation sites excluding steroid dienone is 1. The molecule has 3 nitrogen and oxygen atoms in total. The molecule has 0 rings (SSSR count). The summed E-state index contributed by atoms with van der Waals surface area (Å²) in [5, 5.41) is 10.5. The Morgan fingerprint density at radius 3 is 2.13 bits per heavy atom. The third-order valence-electron chi connectivity index (χ3n) is 1.96. The van der Waals surface area contributed by atoms with Gasteiger partial charge in [-0.1, -0.05) is 11.6 Å². The van der Waals surface area contributed by atoms with Gasteiger partial charge in [-0.15, -0.1) is 0 Å². The molecule has 2 N–H and O–H groups in total. The van der Waals surface area contributed by atoms with Crippen molar-refractivity contribution < 1.29 is 23.1 Å². The van der Waals surface area contributed by atoms with Crippen LogP contribution in [0, 0.1) is 0 Å². The van der Waals surface area contributed by atoms with Crippen molar-refractivity contribution in [3.05, 3.63) is 11.6 Å². The van der Waals surface area contributed by atoms with Gasteiger partial charge in [-0.25, -0.2) is 4.79 Å². The highest BCUT2D eigenvalue weighted by atomic mass is 19.4. The van der Waals surface area contributed by atoms with Crippen LogP contribution in [-0.4, -0.2) is 29.3 Å². The first kappa shape index (κ1) is 14.0. The SMILES string of the molecule is CC(C)=CCNC(C)(C(=O)O)C(F)(F)F. The molecule has 0 amide bonds. The highest BCUT2D eigenvalue weighted by Crippen LogP contribution is 2.30. The summed E-state index contributed by atoms with van der Waals surface area (Å²) >= 11 is 0. The van der Waals surface area contributed by atoms with Crippen molar-refractivity contribution in [3.63, 3.8) is 0 Å². The van der Waals surface area contributed by atoms with Gasteiger partial charge in [0.05, 0.1) is 0 Å². The van der Waals surface area contributed by atoms with E-state index in [-0.39, 0.29) is 6.54 Å². The van der Waals surface area contributed by atoms with Gasteiger partial charge in [0.25, 0.3) is 0 Å². The van der Waals surface area contributed by atoms with Crippen LogP contribution in [0.3, 0.4) is 0 Å². The van der Waals surface area contributed by atoms with Gasteiger partial charge in [-0.3, -0.25) is 5.32 Å². The molecule has 6 heteroatoms. The lowest BCUT2D eigenvalue weighted by atomic mass is 10.0. The molecule has 0 aromatic rings. The predicted octanol–water partition coefficient (Wildman–Crippen LogP) is 1.95. The fourth-order valence-electron chi connectivity index (χ4n) is 0.756. The van der Waals surface area contributed by atoms with E-state index in [4.69, 9.17) is 5.11 Å². The second kappa shape index (κ2) is 4.65. The average molecular weight is 225 g/mol. The summed E-state index contributed by atoms with van der Waals surface area (Å²) in [5.74, 6) is -1.93. The van der Waals surface area contributed by atoms with Crippen molar-refractivity contribution in [2.24, 2.45) is 0 Å². The zero-order valence-electron chi connectivity index (χ0n) is 8.77. The molecular weight excluding hydrogens is 211 g/mol. The van der Waals surface area contributed by atoms with Gasteiger partial charge in [0, 0.05) is 6.54 Å². The second-order valence-electron chi connectivity index (χ2n) is 3.59. The van der Waals surface area contributed by atoms with Crippen LogP contribution in [0.15, 0.2) is 11.6 Å². The third-order valence-corrected chi connectivity index (χ3v) is 1.96. The first-order valence-corrected chi connectivity index (χ1v) is 4.30. The summed E-state index contributed by atoms with van der Waals surface area (Å²) < 4.78 is 37.2. The van der Waals surface area contributed by atoms with E-state index in [1.165, 1.54) is 6.08 Å². The minimum absolute atomic E-state index is 0.134. The Labute approximate surface area is 86.0 Å². The number of halogens is 3. The number of rotatable bonds is 4. The third kappa shape index (κ3) is 3.54. The van der Waals surface area contributed by atoms with E-state index >= 15 is 0 Å². The quantitative estimate of drug-likeness (QED) is 0.719. The van der Waals surface area contributed by atoms with Crippen molar-refractivity contribution in [2.45, 2.75) is 32.5 Å². The van der Waals surface area contributed by atoms with Crippen LogP contribution >= 0.6 is 0 Å². The van der Waals surface area contributed by atoms with Crippen molar-refractivity contribution in [1.82, 2.24) is 5.32 Å². The number of alkyl halides is 3. The van der Waals surface area contributed by atoms with E-state index < -0.39 is 17.7 Å². The molecule has 0 aliphatic heterocycles. The number of carboxylic acid groups (broad SMARTS) is 1. The molecule has 88 valence electrons. The van der Waals surface area contributed by atoms with Gasteiger partial charge >= 0.3 is 12.1 Å². The molecule has 1 atom stereocenters. The molecule has 0 radical (unpaired) electrons. The van der Waals surface area contributed by atoms with Crippen LogP contribution in [0.5, 0.6) is 0 Å². The second-order valence-corrected chi connectivity index (χ2v) is 3.59. The highest BCUT2D eigenvalue weighted by Gasteiger charge is 2.56. The molecule has 0 saturated carbocycles. The Morgan fingerprint density at radius 2 is 1.87 bits per heavy atom. The normalized spacial score (nSPS) is 15.6. The summed E-state index contributed by atoms with van der Waals surface area (Å²) in [7, 11) is 0. The number of aliphatic carboxylic acids is 1. The number of carboxylic acids is 1. The lowest BCUT2D eigenvalue weighted by molar-refractivity contribution is -0.205. The molecule has 0 spiro atoms. The first-order valence-electron chi connectivity index (χ1n) is 4.30. The van der Waals surface area contributed by atoms with Crippen LogP contribution < -0.4 is 5.32 Å². The lowest BCUT2D eigenvalue weighted by Gasteiger charge is -2.28. The molecule has 1 unspecified atom stereocenters. The largest absolute Gasteiger partial charge is 0.480 e. The van der Waals surface area contributed by atoms with E-state index in [2.05, 4.69) is 0 Å². The van der Waals surface area contributed by atoms with Crippen molar-refractivity contribution in [1.29, 1.82) is 0 Å². The van der Waals surface area contributed by atoms with E-state index in [9.17, 15) is 18.0 Å². The predicted molar refractivity (Wildman–Crippen MR) is 49.5 cm³/mol. The number of hydrogen-bond donors (Lipinski definition) is 2. The van der Waals surface area contributed by atoms with E-state index in [0.29, 0.717) is 6.92 Å². The Morgan fingerprint density at radius 1 is 1.40 bits per heavy atom. The van der Waals surface area contributed by atoms with Gasteiger partial charge in [0.1, 0.15) is 0 Å². The fraction of sp³-hybridized carbons (Fsp3) is 0.667. The van der Waals surface area contributed by atoms with Crippen LogP contribution in [0.4, 0.5) is 13.2 Å². The Balaban J connectivity index is 4.70. The van der Waals surface area contributed by atoms with Crippen LogP contribution in [0.1, 0.15) is 20.8 Å². The van der Waals surface area contributed by atoms with Crippen molar-refractivity contribution in [3.8, 4) is 0 Å². The van der Waals surface area contributed by atoms with Crippen molar-refractivity contribution in [2.75, 3.05) is 6.54 Å². The Kier molecular flexibility index (Phi) is 4.33.